The lowest BCUT2D eigenvalue weighted by molar-refractivity contribution is 0.100. The Kier molecular flexibility index (Phi) is 3.40. The van der Waals surface area contributed by atoms with E-state index in [1.807, 2.05) is 6.07 Å². The van der Waals surface area contributed by atoms with Gasteiger partial charge in [-0.3, -0.25) is 4.79 Å². The summed E-state index contributed by atoms with van der Waals surface area (Å²) >= 11 is 6.09. The van der Waals surface area contributed by atoms with Crippen molar-refractivity contribution in [1.29, 1.82) is 0 Å². The lowest BCUT2D eigenvalue weighted by Crippen LogP contribution is -2.21. The molecule has 17 heavy (non-hydrogen) atoms. The predicted molar refractivity (Wildman–Crippen MR) is 69.0 cm³/mol. The molecule has 0 saturated heterocycles. The Morgan fingerprint density at radius 2 is 2.24 bits per heavy atom. The zero-order valence-corrected chi connectivity index (χ0v) is 10.7. The van der Waals surface area contributed by atoms with E-state index >= 15 is 0 Å². The third-order valence-electron chi connectivity index (χ3n) is 3.31. The van der Waals surface area contributed by atoms with Gasteiger partial charge in [0.2, 0.25) is 5.91 Å². The number of hydrogen-bond donors (Lipinski definition) is 2. The molecule has 1 aliphatic rings. The molecular formula is C13H17ClN2O. The van der Waals surface area contributed by atoms with Crippen LogP contribution in [0.1, 0.15) is 35.7 Å². The second kappa shape index (κ2) is 4.67. The Morgan fingerprint density at radius 3 is 2.76 bits per heavy atom. The quantitative estimate of drug-likeness (QED) is 0.845. The summed E-state index contributed by atoms with van der Waals surface area (Å²) in [5.74, 6) is -0.447. The molecule has 2 rings (SSSR count). The van der Waals surface area contributed by atoms with Gasteiger partial charge in [-0.2, -0.15) is 0 Å². The number of carbonyl (C=O) groups excluding carboxylic acids is 1. The number of nitrogens with one attached hydrogen (secondary N) is 1. The molecule has 0 aliphatic heterocycles. The fourth-order valence-corrected chi connectivity index (χ4v) is 1.98. The summed E-state index contributed by atoms with van der Waals surface area (Å²) in [5.41, 5.74) is 7.12. The molecule has 1 saturated carbocycles. The van der Waals surface area contributed by atoms with Crippen LogP contribution in [0.5, 0.6) is 0 Å². The highest BCUT2D eigenvalue weighted by atomic mass is 35.5. The van der Waals surface area contributed by atoms with Gasteiger partial charge in [-0.25, -0.2) is 0 Å². The molecule has 1 aliphatic carbocycles. The van der Waals surface area contributed by atoms with Crippen LogP contribution in [-0.4, -0.2) is 12.5 Å². The number of hydrogen-bond acceptors (Lipinski definition) is 2. The fourth-order valence-electron chi connectivity index (χ4n) is 1.73. The minimum atomic E-state index is -0.447. The summed E-state index contributed by atoms with van der Waals surface area (Å²) < 4.78 is 0. The van der Waals surface area contributed by atoms with Crippen molar-refractivity contribution >= 4 is 17.5 Å². The van der Waals surface area contributed by atoms with E-state index in [1.165, 1.54) is 12.8 Å². The highest BCUT2D eigenvalue weighted by Gasteiger charge is 2.36. The summed E-state index contributed by atoms with van der Waals surface area (Å²) in [5, 5.41) is 3.99. The molecule has 3 nitrogen and oxygen atoms in total. The largest absolute Gasteiger partial charge is 0.366 e. The van der Waals surface area contributed by atoms with Gasteiger partial charge < -0.3 is 11.1 Å². The van der Waals surface area contributed by atoms with Crippen molar-refractivity contribution in [3.8, 4) is 0 Å². The van der Waals surface area contributed by atoms with Crippen molar-refractivity contribution in [3.63, 3.8) is 0 Å². The molecule has 3 N–H and O–H groups in total. The number of halogens is 1. The molecule has 1 aromatic carbocycles. The number of amides is 1. The third-order valence-corrected chi connectivity index (χ3v) is 3.66. The Bertz CT molecular complexity index is 441. The van der Waals surface area contributed by atoms with Crippen LogP contribution in [0.3, 0.4) is 0 Å². The Morgan fingerprint density at radius 1 is 1.53 bits per heavy atom. The fraction of sp³-hybridized carbons (Fsp3) is 0.462. The van der Waals surface area contributed by atoms with Gasteiger partial charge in [0.1, 0.15) is 0 Å². The van der Waals surface area contributed by atoms with E-state index in [0.29, 0.717) is 16.0 Å². The van der Waals surface area contributed by atoms with Crippen LogP contribution in [0.15, 0.2) is 18.2 Å². The van der Waals surface area contributed by atoms with E-state index < -0.39 is 5.91 Å². The molecule has 0 heterocycles. The molecule has 1 fully saturated rings. The highest BCUT2D eigenvalue weighted by Crippen LogP contribution is 2.44. The summed E-state index contributed by atoms with van der Waals surface area (Å²) in [4.78, 5) is 11.0. The number of benzene rings is 1. The van der Waals surface area contributed by atoms with E-state index in [-0.39, 0.29) is 0 Å². The summed E-state index contributed by atoms with van der Waals surface area (Å²) in [6.07, 6.45) is 2.60. The molecule has 0 unspecified atom stereocenters. The summed E-state index contributed by atoms with van der Waals surface area (Å²) in [6.45, 7) is 4.02. The zero-order valence-electron chi connectivity index (χ0n) is 9.92. The minimum absolute atomic E-state index is 0.447. The number of rotatable bonds is 5. The molecule has 92 valence electrons. The summed E-state index contributed by atoms with van der Waals surface area (Å²) in [7, 11) is 0. The minimum Gasteiger partial charge on any atom is -0.366 e. The average Bonchev–Trinajstić information content (AvgIpc) is 2.99. The van der Waals surface area contributed by atoms with Crippen molar-refractivity contribution < 1.29 is 4.79 Å². The average molecular weight is 253 g/mol. The smallest absolute Gasteiger partial charge is 0.248 e. The van der Waals surface area contributed by atoms with Gasteiger partial charge in [0.25, 0.3) is 0 Å². The maximum absolute atomic E-state index is 11.0. The molecule has 0 atom stereocenters. The van der Waals surface area contributed by atoms with E-state index in [4.69, 9.17) is 17.3 Å². The first kappa shape index (κ1) is 12.4. The number of primary amides is 1. The standard InChI is InChI=1S/C13H17ClN2O/c1-13(4-5-13)8-16-7-10-3-2-9(12(15)17)6-11(10)14/h2-3,6,16H,4-5,7-8H2,1H3,(H2,15,17). The van der Waals surface area contributed by atoms with Crippen LogP contribution in [0.25, 0.3) is 0 Å². The summed E-state index contributed by atoms with van der Waals surface area (Å²) in [6, 6.07) is 5.19. The van der Waals surface area contributed by atoms with Crippen molar-refractivity contribution in [2.24, 2.45) is 11.1 Å². The zero-order chi connectivity index (χ0) is 12.5. The lowest BCUT2D eigenvalue weighted by Gasteiger charge is -2.11. The van der Waals surface area contributed by atoms with Gasteiger partial charge in [0, 0.05) is 23.7 Å². The predicted octanol–water partition coefficient (Wildman–Crippen LogP) is 2.33. The van der Waals surface area contributed by atoms with Crippen LogP contribution in [0.2, 0.25) is 5.02 Å². The van der Waals surface area contributed by atoms with Gasteiger partial charge in [0.15, 0.2) is 0 Å². The molecule has 0 bridgehead atoms. The molecular weight excluding hydrogens is 236 g/mol. The van der Waals surface area contributed by atoms with Gasteiger partial charge in [-0.05, 0) is 36.0 Å². The van der Waals surface area contributed by atoms with Crippen LogP contribution in [-0.2, 0) is 6.54 Å². The molecule has 4 heteroatoms. The maximum Gasteiger partial charge on any atom is 0.248 e. The van der Waals surface area contributed by atoms with Crippen molar-refractivity contribution in [1.82, 2.24) is 5.32 Å². The first-order valence-electron chi connectivity index (χ1n) is 5.79. The van der Waals surface area contributed by atoms with Crippen molar-refractivity contribution in [3.05, 3.63) is 34.3 Å². The van der Waals surface area contributed by atoms with Crippen LogP contribution in [0.4, 0.5) is 0 Å². The van der Waals surface area contributed by atoms with Gasteiger partial charge in [-0.15, -0.1) is 0 Å². The Labute approximate surface area is 106 Å². The third kappa shape index (κ3) is 3.20. The monoisotopic (exact) mass is 252 g/mol. The second-order valence-electron chi connectivity index (χ2n) is 5.08. The Hall–Kier alpha value is -1.06. The number of nitrogens with two attached hydrogens (primary N) is 1. The molecule has 1 aromatic rings. The molecule has 0 aromatic heterocycles. The molecule has 1 amide bonds. The highest BCUT2D eigenvalue weighted by molar-refractivity contribution is 6.31. The van der Waals surface area contributed by atoms with Crippen molar-refractivity contribution in [2.45, 2.75) is 26.3 Å². The van der Waals surface area contributed by atoms with E-state index in [1.54, 1.807) is 12.1 Å². The van der Waals surface area contributed by atoms with Crippen LogP contribution in [0, 0.1) is 5.41 Å². The Balaban J connectivity index is 1.94. The van der Waals surface area contributed by atoms with Crippen LogP contribution >= 0.6 is 11.6 Å². The first-order valence-corrected chi connectivity index (χ1v) is 6.17. The van der Waals surface area contributed by atoms with Crippen LogP contribution < -0.4 is 11.1 Å². The van der Waals surface area contributed by atoms with Gasteiger partial charge in [-0.1, -0.05) is 24.6 Å². The maximum atomic E-state index is 11.0. The van der Waals surface area contributed by atoms with E-state index in [2.05, 4.69) is 12.2 Å². The molecule has 0 radical (unpaired) electrons. The van der Waals surface area contributed by atoms with Gasteiger partial charge in [0.05, 0.1) is 0 Å². The second-order valence-corrected chi connectivity index (χ2v) is 5.49. The van der Waals surface area contributed by atoms with E-state index in [0.717, 1.165) is 18.7 Å². The topological polar surface area (TPSA) is 55.1 Å². The lowest BCUT2D eigenvalue weighted by atomic mass is 10.1. The SMILES string of the molecule is CC1(CNCc2ccc(C(N)=O)cc2Cl)CC1. The normalized spacial score (nSPS) is 16.8. The van der Waals surface area contributed by atoms with Gasteiger partial charge >= 0.3 is 0 Å². The molecule has 0 spiro atoms. The number of carbonyl (C=O) groups is 1. The van der Waals surface area contributed by atoms with Crippen molar-refractivity contribution in [2.75, 3.05) is 6.54 Å². The van der Waals surface area contributed by atoms with E-state index in [9.17, 15) is 4.79 Å². The first-order chi connectivity index (χ1) is 8.00.